The number of carbonyl (C=O) groups is 1. The summed E-state index contributed by atoms with van der Waals surface area (Å²) in [5.41, 5.74) is -7.53. The zero-order chi connectivity index (χ0) is 29.6. The number of alkyl halides is 6. The van der Waals surface area contributed by atoms with Crippen molar-refractivity contribution in [3.63, 3.8) is 0 Å². The monoisotopic (exact) mass is 565 g/mol. The van der Waals surface area contributed by atoms with Crippen LogP contribution in [0, 0.1) is 0 Å². The van der Waals surface area contributed by atoms with Crippen molar-refractivity contribution in [1.29, 1.82) is 0 Å². The van der Waals surface area contributed by atoms with Crippen LogP contribution in [0.1, 0.15) is 28.4 Å². The van der Waals surface area contributed by atoms with Gasteiger partial charge in [-0.2, -0.15) is 26.3 Å². The van der Waals surface area contributed by atoms with Crippen LogP contribution in [0.2, 0.25) is 0 Å². The van der Waals surface area contributed by atoms with Crippen molar-refractivity contribution in [1.82, 2.24) is 0 Å². The third kappa shape index (κ3) is 5.09. The zero-order valence-electron chi connectivity index (χ0n) is 20.2. The number of aromatic hydroxyl groups is 1. The molecule has 4 aromatic carbocycles. The lowest BCUT2D eigenvalue weighted by Crippen LogP contribution is -2.32. The highest BCUT2D eigenvalue weighted by molar-refractivity contribution is 6.01. The third-order valence-electron chi connectivity index (χ3n) is 5.92. The highest BCUT2D eigenvalue weighted by Crippen LogP contribution is 2.48. The van der Waals surface area contributed by atoms with Gasteiger partial charge in [0.1, 0.15) is 11.4 Å². The molecule has 7 nitrogen and oxygen atoms in total. The van der Waals surface area contributed by atoms with Gasteiger partial charge >= 0.3 is 18.3 Å². The van der Waals surface area contributed by atoms with Crippen LogP contribution < -0.4 is 20.9 Å². The molecule has 0 aromatic heterocycles. The van der Waals surface area contributed by atoms with Gasteiger partial charge in [0, 0.05) is 16.7 Å². The lowest BCUT2D eigenvalue weighted by molar-refractivity contribution is -0.139. The molecule has 0 atom stereocenters. The Hall–Kier alpha value is -4.81. The normalized spacial score (nSPS) is 12.0. The molecule has 13 heteroatoms. The van der Waals surface area contributed by atoms with Gasteiger partial charge in [0.15, 0.2) is 5.75 Å². The fraction of sp³-hybridized carbons (Fsp3) is 0.148. The second-order valence-electron chi connectivity index (χ2n) is 8.45. The number of rotatable bonds is 7. The van der Waals surface area contributed by atoms with Crippen LogP contribution in [0.3, 0.4) is 0 Å². The van der Waals surface area contributed by atoms with E-state index in [0.717, 1.165) is 42.5 Å². The van der Waals surface area contributed by atoms with Crippen molar-refractivity contribution >= 4 is 17.3 Å². The Morgan fingerprint density at radius 1 is 0.850 bits per heavy atom. The lowest BCUT2D eigenvalue weighted by Gasteiger charge is -2.23. The van der Waals surface area contributed by atoms with Crippen molar-refractivity contribution in [3.8, 4) is 33.8 Å². The first-order chi connectivity index (χ1) is 18.6. The molecule has 0 heterocycles. The molecule has 4 aromatic rings. The molecular weight excluding hydrogens is 548 g/mol. The number of halogens is 6. The smallest absolute Gasteiger partial charge is 0.419 e. The van der Waals surface area contributed by atoms with Gasteiger partial charge < -0.3 is 20.3 Å². The van der Waals surface area contributed by atoms with Gasteiger partial charge in [-0.25, -0.2) is 4.79 Å². The van der Waals surface area contributed by atoms with E-state index in [1.54, 1.807) is 0 Å². The first-order valence-corrected chi connectivity index (χ1v) is 11.4. The number of ether oxygens (including phenoxy) is 1. The number of hydrogen-bond donors (Lipinski definition) is 3. The summed E-state index contributed by atoms with van der Waals surface area (Å²) in [6.07, 6.45) is -9.73. The largest absolute Gasteiger partial charge is 0.502 e. The molecule has 208 valence electrons. The highest BCUT2D eigenvalue weighted by Gasteiger charge is 2.36. The Labute approximate surface area is 220 Å². The SMILES string of the molecule is CCOc1c(-c2cc(C(=O)O)cc(-c3cccc(C(F)(F)F)c3)c2Nc2c(O)c(=O)c2=O)cccc1C(F)(F)F. The second kappa shape index (κ2) is 10.1. The summed E-state index contributed by atoms with van der Waals surface area (Å²) < 4.78 is 87.4. The maximum atomic E-state index is 13.9. The minimum Gasteiger partial charge on any atom is -0.502 e. The number of nitrogens with one attached hydrogen (secondary N) is 1. The molecule has 3 N–H and O–H groups in total. The maximum Gasteiger partial charge on any atom is 0.419 e. The van der Waals surface area contributed by atoms with Crippen LogP contribution in [0.25, 0.3) is 22.3 Å². The van der Waals surface area contributed by atoms with Crippen LogP contribution >= 0.6 is 0 Å². The Balaban J connectivity index is 2.14. The maximum absolute atomic E-state index is 13.9. The van der Waals surface area contributed by atoms with Crippen LogP contribution in [-0.2, 0) is 12.4 Å². The number of hydrogen-bond acceptors (Lipinski definition) is 6. The summed E-state index contributed by atoms with van der Waals surface area (Å²) in [6.45, 7) is 1.15. The molecule has 0 aliphatic rings. The van der Waals surface area contributed by atoms with Gasteiger partial charge in [-0.05, 0) is 42.8 Å². The van der Waals surface area contributed by atoms with Gasteiger partial charge in [0.05, 0.1) is 29.0 Å². The summed E-state index contributed by atoms with van der Waals surface area (Å²) >= 11 is 0. The van der Waals surface area contributed by atoms with Crippen molar-refractivity contribution in [3.05, 3.63) is 91.7 Å². The van der Waals surface area contributed by atoms with Gasteiger partial charge in [-0.15, -0.1) is 0 Å². The average Bonchev–Trinajstić information content (AvgIpc) is 2.90. The van der Waals surface area contributed by atoms with Crippen LogP contribution in [-0.4, -0.2) is 22.8 Å². The van der Waals surface area contributed by atoms with E-state index in [4.69, 9.17) is 4.74 Å². The Kier molecular flexibility index (Phi) is 7.09. The number of carboxylic acids is 1. The van der Waals surface area contributed by atoms with Crippen LogP contribution in [0.5, 0.6) is 11.5 Å². The van der Waals surface area contributed by atoms with E-state index in [9.17, 15) is 50.9 Å². The summed E-state index contributed by atoms with van der Waals surface area (Å²) in [5.74, 6) is -3.29. The molecule has 0 bridgehead atoms. The quantitative estimate of drug-likeness (QED) is 0.181. The Morgan fingerprint density at radius 2 is 1.50 bits per heavy atom. The second-order valence-corrected chi connectivity index (χ2v) is 8.45. The summed E-state index contributed by atoms with van der Waals surface area (Å²) in [6, 6.07) is 8.40. The molecule has 0 amide bonds. The molecule has 0 aliphatic heterocycles. The minimum atomic E-state index is -4.92. The molecule has 0 unspecified atom stereocenters. The fourth-order valence-corrected chi connectivity index (χ4v) is 4.10. The topological polar surface area (TPSA) is 113 Å². The highest BCUT2D eigenvalue weighted by atomic mass is 19.4. The number of anilines is 2. The molecule has 4 rings (SSSR count). The van der Waals surface area contributed by atoms with E-state index in [-0.39, 0.29) is 34.5 Å². The molecular formula is C27H17F6NO6. The molecule has 0 aliphatic carbocycles. The van der Waals surface area contributed by atoms with Crippen molar-refractivity contribution < 1.29 is 46.1 Å². The summed E-state index contributed by atoms with van der Waals surface area (Å²) in [7, 11) is 0. The Bertz CT molecular complexity index is 1700. The zero-order valence-corrected chi connectivity index (χ0v) is 20.2. The molecule has 0 saturated carbocycles. The summed E-state index contributed by atoms with van der Waals surface area (Å²) in [5, 5.41) is 22.1. The van der Waals surface area contributed by atoms with E-state index >= 15 is 0 Å². The lowest BCUT2D eigenvalue weighted by atomic mass is 9.90. The first-order valence-electron chi connectivity index (χ1n) is 11.4. The Morgan fingerprint density at radius 3 is 2.08 bits per heavy atom. The van der Waals surface area contributed by atoms with E-state index in [1.807, 2.05) is 0 Å². The van der Waals surface area contributed by atoms with E-state index in [2.05, 4.69) is 5.32 Å². The van der Waals surface area contributed by atoms with E-state index < -0.39 is 63.1 Å². The number of para-hydroxylation sites is 1. The third-order valence-corrected chi connectivity index (χ3v) is 5.92. The predicted molar refractivity (Wildman–Crippen MR) is 132 cm³/mol. The van der Waals surface area contributed by atoms with Crippen LogP contribution in [0.4, 0.5) is 37.7 Å². The van der Waals surface area contributed by atoms with Crippen LogP contribution in [0.15, 0.2) is 64.2 Å². The molecule has 0 fully saturated rings. The molecule has 0 spiro atoms. The number of aromatic carboxylic acids is 1. The van der Waals surface area contributed by atoms with Crippen molar-refractivity contribution in [2.24, 2.45) is 0 Å². The predicted octanol–water partition coefficient (Wildman–Crippen LogP) is 6.20. The van der Waals surface area contributed by atoms with Crippen molar-refractivity contribution in [2.45, 2.75) is 19.3 Å². The van der Waals surface area contributed by atoms with Crippen molar-refractivity contribution in [2.75, 3.05) is 11.9 Å². The average molecular weight is 565 g/mol. The van der Waals surface area contributed by atoms with E-state index in [0.29, 0.717) is 6.07 Å². The number of carboxylic acid groups (broad SMARTS) is 1. The van der Waals surface area contributed by atoms with Gasteiger partial charge in [-0.1, -0.05) is 24.3 Å². The van der Waals surface area contributed by atoms with E-state index in [1.165, 1.54) is 13.0 Å². The standard InChI is InChI=1S/C27H17F6NO6/c1-2-40-24-15(7-4-8-18(24)27(31,32)33)17-11-13(25(38)39)10-16(12-5-3-6-14(9-12)26(28,29)30)19(17)34-20-21(35)23(37)22(20)36/h3-11,34-35H,2H2,1H3,(H,38,39). The fourth-order valence-electron chi connectivity index (χ4n) is 4.10. The summed E-state index contributed by atoms with van der Waals surface area (Å²) in [4.78, 5) is 35.8. The molecule has 0 saturated heterocycles. The molecule has 40 heavy (non-hydrogen) atoms. The molecule has 0 radical (unpaired) electrons. The van der Waals surface area contributed by atoms with Gasteiger partial charge in [-0.3, -0.25) is 9.59 Å². The van der Waals surface area contributed by atoms with Gasteiger partial charge in [0.25, 0.3) is 10.9 Å². The van der Waals surface area contributed by atoms with Gasteiger partial charge in [0.2, 0.25) is 0 Å². The number of benzene rings is 3. The first kappa shape index (κ1) is 28.2. The minimum absolute atomic E-state index is 0.232.